The first-order chi connectivity index (χ1) is 9.53. The molecule has 0 fully saturated rings. The lowest BCUT2D eigenvalue weighted by molar-refractivity contribution is 0.0599. The van der Waals surface area contributed by atoms with E-state index in [-0.39, 0.29) is 22.0 Å². The number of ether oxygens (including phenoxy) is 1. The Labute approximate surface area is 119 Å². The first-order valence-corrected chi connectivity index (χ1v) is 6.49. The van der Waals surface area contributed by atoms with Crippen LogP contribution >= 0.6 is 11.8 Å². The summed E-state index contributed by atoms with van der Waals surface area (Å²) in [5, 5.41) is 20.1. The zero-order chi connectivity index (χ0) is 15.1. The van der Waals surface area contributed by atoms with Gasteiger partial charge in [-0.25, -0.2) is 14.6 Å². The summed E-state index contributed by atoms with van der Waals surface area (Å²) >= 11 is 1.15. The first kappa shape index (κ1) is 15.5. The van der Waals surface area contributed by atoms with Gasteiger partial charge in [0.15, 0.2) is 11.4 Å². The van der Waals surface area contributed by atoms with E-state index < -0.39 is 11.9 Å². The van der Waals surface area contributed by atoms with Crippen LogP contribution in [-0.4, -0.2) is 35.6 Å². The van der Waals surface area contributed by atoms with Crippen LogP contribution in [0, 0.1) is 11.5 Å². The van der Waals surface area contributed by atoms with Gasteiger partial charge >= 0.3 is 11.9 Å². The van der Waals surface area contributed by atoms with Crippen molar-refractivity contribution in [2.24, 2.45) is 4.99 Å². The molecule has 8 heteroatoms. The number of carbonyl (C=O) groups is 2. The van der Waals surface area contributed by atoms with Crippen molar-refractivity contribution in [1.29, 1.82) is 5.26 Å². The number of aromatic carboxylic acids is 1. The van der Waals surface area contributed by atoms with Gasteiger partial charge in [-0.05, 0) is 24.5 Å². The van der Waals surface area contributed by atoms with Crippen molar-refractivity contribution in [3.05, 3.63) is 29.3 Å². The second kappa shape index (κ2) is 7.16. The zero-order valence-electron chi connectivity index (χ0n) is 10.7. The highest BCUT2D eigenvalue weighted by atomic mass is 32.2. The largest absolute Gasteiger partial charge is 0.478 e. The highest BCUT2D eigenvalue weighted by molar-refractivity contribution is 8.13. The van der Waals surface area contributed by atoms with Gasteiger partial charge in [-0.3, -0.25) is 5.32 Å². The highest BCUT2D eigenvalue weighted by Gasteiger charge is 2.15. The Bertz CT molecular complexity index is 607. The molecular weight excluding hydrogens is 282 g/mol. The smallest absolute Gasteiger partial charge is 0.340 e. The van der Waals surface area contributed by atoms with E-state index in [1.165, 1.54) is 25.3 Å². The van der Waals surface area contributed by atoms with Gasteiger partial charge in [0, 0.05) is 0 Å². The molecule has 20 heavy (non-hydrogen) atoms. The summed E-state index contributed by atoms with van der Waals surface area (Å²) in [6.45, 7) is 0. The number of carboxylic acids is 1. The molecule has 0 spiro atoms. The molecular formula is C12H11N3O4S. The number of esters is 1. The Morgan fingerprint density at radius 1 is 1.50 bits per heavy atom. The molecule has 0 saturated carbocycles. The minimum Gasteiger partial charge on any atom is -0.478 e. The molecule has 0 atom stereocenters. The molecule has 0 bridgehead atoms. The summed E-state index contributed by atoms with van der Waals surface area (Å²) in [7, 11) is 1.21. The summed E-state index contributed by atoms with van der Waals surface area (Å²) in [5.74, 6) is -1.78. The van der Waals surface area contributed by atoms with E-state index in [0.717, 1.165) is 11.8 Å². The van der Waals surface area contributed by atoms with Gasteiger partial charge in [0.05, 0.1) is 23.9 Å². The number of hydrogen-bond acceptors (Lipinski definition) is 6. The maximum atomic E-state index is 11.6. The highest BCUT2D eigenvalue weighted by Crippen LogP contribution is 2.23. The number of benzene rings is 1. The van der Waals surface area contributed by atoms with E-state index in [1.54, 1.807) is 12.4 Å². The topological polar surface area (TPSA) is 112 Å². The molecule has 104 valence electrons. The fourth-order valence-corrected chi connectivity index (χ4v) is 1.66. The molecule has 0 amide bonds. The normalized spacial score (nSPS) is 10.6. The standard InChI is InChI=1S/C12H11N3O4S/c1-19-11(18)8-4-3-7(10(16)17)5-9(8)15-12(20-2)14-6-13/h3-5H,1-2H3,(H,14,15)(H,16,17). The van der Waals surface area contributed by atoms with Crippen LogP contribution in [0.2, 0.25) is 0 Å². The van der Waals surface area contributed by atoms with Crippen LogP contribution in [0.4, 0.5) is 5.69 Å². The molecule has 0 aliphatic carbocycles. The van der Waals surface area contributed by atoms with Gasteiger partial charge in [0.2, 0.25) is 0 Å². The molecule has 0 heterocycles. The molecule has 1 aromatic carbocycles. The van der Waals surface area contributed by atoms with Gasteiger partial charge in [-0.1, -0.05) is 11.8 Å². The van der Waals surface area contributed by atoms with E-state index >= 15 is 0 Å². The van der Waals surface area contributed by atoms with E-state index in [0.29, 0.717) is 0 Å². The average molecular weight is 293 g/mol. The number of carboxylic acid groups (broad SMARTS) is 1. The fourth-order valence-electron chi connectivity index (χ4n) is 1.32. The lowest BCUT2D eigenvalue weighted by atomic mass is 10.1. The number of amidine groups is 1. The fraction of sp³-hybridized carbons (Fsp3) is 0.167. The summed E-state index contributed by atoms with van der Waals surface area (Å²) in [6, 6.07) is 3.84. The Morgan fingerprint density at radius 3 is 2.70 bits per heavy atom. The predicted molar refractivity (Wildman–Crippen MR) is 74.1 cm³/mol. The molecule has 0 aliphatic rings. The zero-order valence-corrected chi connectivity index (χ0v) is 11.5. The molecule has 0 aromatic heterocycles. The number of hydrogen-bond donors (Lipinski definition) is 2. The Morgan fingerprint density at radius 2 is 2.20 bits per heavy atom. The van der Waals surface area contributed by atoms with E-state index in [9.17, 15) is 9.59 Å². The third-order valence-electron chi connectivity index (χ3n) is 2.23. The summed E-state index contributed by atoms with van der Waals surface area (Å²) in [6.07, 6.45) is 3.39. The van der Waals surface area contributed by atoms with E-state index in [1.807, 2.05) is 0 Å². The summed E-state index contributed by atoms with van der Waals surface area (Å²) in [5.41, 5.74) is 0.210. The number of thioether (sulfide) groups is 1. The predicted octanol–water partition coefficient (Wildman–Crippen LogP) is 1.59. The van der Waals surface area contributed by atoms with Gasteiger partial charge in [-0.2, -0.15) is 5.26 Å². The Balaban J connectivity index is 3.38. The van der Waals surface area contributed by atoms with Crippen LogP contribution in [0.5, 0.6) is 0 Å². The second-order valence-electron chi connectivity index (χ2n) is 3.39. The number of nitrogens with zero attached hydrogens (tertiary/aromatic N) is 2. The third kappa shape index (κ3) is 3.73. The summed E-state index contributed by atoms with van der Waals surface area (Å²) < 4.78 is 4.60. The number of aliphatic imine (C=N–C) groups is 1. The number of rotatable bonds is 3. The first-order valence-electron chi connectivity index (χ1n) is 5.27. The van der Waals surface area contributed by atoms with Crippen LogP contribution in [0.15, 0.2) is 23.2 Å². The number of nitrogens with one attached hydrogen (secondary N) is 1. The Kier molecular flexibility index (Phi) is 5.56. The second-order valence-corrected chi connectivity index (χ2v) is 4.18. The van der Waals surface area contributed by atoms with Crippen LogP contribution in [0.25, 0.3) is 0 Å². The minimum atomic E-state index is -1.14. The third-order valence-corrected chi connectivity index (χ3v) is 2.81. The van der Waals surface area contributed by atoms with Crippen LogP contribution in [-0.2, 0) is 4.74 Å². The van der Waals surface area contributed by atoms with Crippen molar-refractivity contribution in [1.82, 2.24) is 5.32 Å². The Hall–Kier alpha value is -2.53. The SMILES string of the molecule is COC(=O)c1ccc(C(=O)O)cc1N=C(NC#N)SC. The monoisotopic (exact) mass is 293 g/mol. The molecule has 2 N–H and O–H groups in total. The van der Waals surface area contributed by atoms with Crippen molar-refractivity contribution in [2.75, 3.05) is 13.4 Å². The van der Waals surface area contributed by atoms with Crippen LogP contribution < -0.4 is 5.32 Å². The van der Waals surface area contributed by atoms with Gasteiger partial charge in [-0.15, -0.1) is 0 Å². The molecule has 0 aliphatic heterocycles. The lowest BCUT2D eigenvalue weighted by Gasteiger charge is -2.06. The van der Waals surface area contributed by atoms with Crippen molar-refractivity contribution in [3.63, 3.8) is 0 Å². The molecule has 1 rings (SSSR count). The molecule has 0 radical (unpaired) electrons. The van der Waals surface area contributed by atoms with Gasteiger partial charge in [0.1, 0.15) is 0 Å². The van der Waals surface area contributed by atoms with Crippen molar-refractivity contribution in [2.45, 2.75) is 0 Å². The maximum Gasteiger partial charge on any atom is 0.340 e. The quantitative estimate of drug-likeness (QED) is 0.286. The number of nitriles is 1. The van der Waals surface area contributed by atoms with Crippen LogP contribution in [0.1, 0.15) is 20.7 Å². The van der Waals surface area contributed by atoms with E-state index in [2.05, 4.69) is 15.0 Å². The number of carbonyl (C=O) groups excluding carboxylic acids is 1. The van der Waals surface area contributed by atoms with Crippen molar-refractivity contribution in [3.8, 4) is 6.19 Å². The van der Waals surface area contributed by atoms with E-state index in [4.69, 9.17) is 10.4 Å². The minimum absolute atomic E-state index is 0.0196. The maximum absolute atomic E-state index is 11.6. The van der Waals surface area contributed by atoms with Crippen molar-refractivity contribution < 1.29 is 19.4 Å². The van der Waals surface area contributed by atoms with Crippen molar-refractivity contribution >= 4 is 34.6 Å². The number of methoxy groups -OCH3 is 1. The molecule has 7 nitrogen and oxygen atoms in total. The lowest BCUT2D eigenvalue weighted by Crippen LogP contribution is -2.13. The molecule has 0 unspecified atom stereocenters. The van der Waals surface area contributed by atoms with Crippen LogP contribution in [0.3, 0.4) is 0 Å². The summed E-state index contributed by atoms with van der Waals surface area (Å²) in [4.78, 5) is 26.6. The molecule has 1 aromatic rings. The molecule has 0 saturated heterocycles. The van der Waals surface area contributed by atoms with Gasteiger partial charge in [0.25, 0.3) is 0 Å². The average Bonchev–Trinajstić information content (AvgIpc) is 2.45. The van der Waals surface area contributed by atoms with Gasteiger partial charge < -0.3 is 9.84 Å².